The number of unbranched alkanes of at least 4 members (excludes halogenated alkanes) is 5. The smallest absolute Gasteiger partial charge is 0.00412 e. The van der Waals surface area contributed by atoms with Crippen LogP contribution in [0, 0.1) is 0 Å². The van der Waals surface area contributed by atoms with E-state index in [1.807, 2.05) is 0 Å². The molecule has 0 nitrogen and oxygen atoms in total. The Morgan fingerprint density at radius 1 is 1.00 bits per heavy atom. The zero-order valence-electron chi connectivity index (χ0n) is 7.66. The van der Waals surface area contributed by atoms with E-state index in [0.29, 0.717) is 9.04 Å². The summed E-state index contributed by atoms with van der Waals surface area (Å²) in [5.41, 5.74) is 0. The quantitative estimate of drug-likeness (QED) is 0.402. The van der Waals surface area contributed by atoms with Crippen LogP contribution in [0.15, 0.2) is 0 Å². The molecule has 0 aromatic heterocycles. The van der Waals surface area contributed by atoms with Crippen molar-refractivity contribution in [3.63, 3.8) is 0 Å². The van der Waals surface area contributed by atoms with E-state index in [1.165, 1.54) is 32.1 Å². The zero-order chi connectivity index (χ0) is 7.66. The first kappa shape index (κ1) is 10.4. The summed E-state index contributed by atoms with van der Waals surface area (Å²) in [6, 6.07) is 1.64. The van der Waals surface area contributed by atoms with E-state index in [1.54, 1.807) is 22.2 Å². The molecule has 0 unspecified atom stereocenters. The van der Waals surface area contributed by atoms with Crippen LogP contribution < -0.4 is 0 Å². The predicted octanol–water partition coefficient (Wildman–Crippen LogP) is 1.21. The van der Waals surface area contributed by atoms with Crippen molar-refractivity contribution in [3.8, 4) is 0 Å². The first-order valence-electron chi connectivity index (χ1n) is 4.91. The summed E-state index contributed by atoms with van der Waals surface area (Å²) in [6.45, 7) is 2.28. The second-order valence-corrected chi connectivity index (χ2v) is 7.83. The number of rotatable bonds is 7. The maximum absolute atomic E-state index is 2.28. The molecule has 0 heterocycles. The van der Waals surface area contributed by atoms with Crippen LogP contribution >= 0.6 is 0 Å². The summed E-state index contributed by atoms with van der Waals surface area (Å²) in [5, 5.41) is 0. The van der Waals surface area contributed by atoms with Crippen molar-refractivity contribution in [1.82, 2.24) is 0 Å². The Bertz CT molecular complexity index is 47.2. The molecule has 0 saturated heterocycles. The van der Waals surface area contributed by atoms with Gasteiger partial charge in [-0.25, -0.2) is 0 Å². The molecule has 0 saturated carbocycles. The molecule has 0 rings (SSSR count). The summed E-state index contributed by atoms with van der Waals surface area (Å²) in [4.78, 5) is 0. The van der Waals surface area contributed by atoms with Crippen molar-refractivity contribution in [1.29, 1.82) is 0 Å². The maximum atomic E-state index is 2.28. The third-order valence-corrected chi connectivity index (χ3v) is 5.29. The monoisotopic (exact) mass is 174 g/mol. The van der Waals surface area contributed by atoms with Gasteiger partial charge in [0.15, 0.2) is 0 Å². The summed E-state index contributed by atoms with van der Waals surface area (Å²) in [5.74, 6) is 0. The highest BCUT2D eigenvalue weighted by Crippen LogP contribution is 2.05. The normalized spacial score (nSPS) is 11.7. The van der Waals surface area contributed by atoms with Gasteiger partial charge in [0, 0.05) is 9.04 Å². The molecule has 0 amide bonds. The van der Waals surface area contributed by atoms with Gasteiger partial charge in [0.25, 0.3) is 0 Å². The third-order valence-electron chi connectivity index (χ3n) is 1.96. The molecule has 0 aromatic carbocycles. The van der Waals surface area contributed by atoms with Gasteiger partial charge in [0.05, 0.1) is 0 Å². The fourth-order valence-electron chi connectivity index (χ4n) is 1.21. The molecule has 0 atom stereocenters. The molecule has 0 fully saturated rings. The van der Waals surface area contributed by atoms with E-state index in [-0.39, 0.29) is 0 Å². The van der Waals surface area contributed by atoms with Gasteiger partial charge in [-0.15, -0.1) is 0 Å². The molecular weight excluding hydrogens is 152 g/mol. The number of hydrogen-bond acceptors (Lipinski definition) is 0. The van der Waals surface area contributed by atoms with E-state index >= 15 is 0 Å². The van der Waals surface area contributed by atoms with Gasteiger partial charge in [-0.05, 0) is 9.76 Å². The average molecular weight is 174 g/mol. The highest BCUT2D eigenvalue weighted by atomic mass is 29.1. The summed E-state index contributed by atoms with van der Waals surface area (Å²) in [7, 11) is 2.06. The Balaban J connectivity index is 2.65. The molecule has 0 N–H and O–H groups in total. The van der Waals surface area contributed by atoms with E-state index in [2.05, 4.69) is 6.92 Å². The van der Waals surface area contributed by atoms with Gasteiger partial charge in [-0.1, -0.05) is 51.5 Å². The Morgan fingerprint density at radius 3 is 2.20 bits per heavy atom. The molecule has 0 aliphatic carbocycles. The minimum atomic E-state index is 0.513. The van der Waals surface area contributed by atoms with Crippen LogP contribution in [0.4, 0.5) is 0 Å². The lowest BCUT2D eigenvalue weighted by Crippen LogP contribution is -1.87. The van der Waals surface area contributed by atoms with E-state index in [4.69, 9.17) is 0 Å². The fraction of sp³-hybridized carbons (Fsp3) is 1.00. The highest BCUT2D eigenvalue weighted by molar-refractivity contribution is 6.89. The second-order valence-electron chi connectivity index (χ2n) is 3.12. The van der Waals surface area contributed by atoms with Gasteiger partial charge in [0.1, 0.15) is 0 Å². The molecule has 2 heteroatoms. The van der Waals surface area contributed by atoms with Crippen molar-refractivity contribution < 1.29 is 0 Å². The van der Waals surface area contributed by atoms with Crippen LogP contribution in [-0.4, -0.2) is 18.8 Å². The standard InChI is InChI=1S/C8H22Si2/c1-2-3-4-5-6-7-8-10-9/h2-8,10H2,1,9H3. The molecule has 62 valence electrons. The Kier molecular flexibility index (Phi) is 9.84. The highest BCUT2D eigenvalue weighted by Gasteiger charge is 1.87. The summed E-state index contributed by atoms with van der Waals surface area (Å²) in [6.07, 6.45) is 8.91. The molecule has 0 aromatic rings. The maximum Gasteiger partial charge on any atom is 0.00412 e. The molecule has 0 bridgehead atoms. The fourth-order valence-corrected chi connectivity index (χ4v) is 3.56. The Labute approximate surface area is 70.8 Å². The van der Waals surface area contributed by atoms with Crippen molar-refractivity contribution in [3.05, 3.63) is 0 Å². The van der Waals surface area contributed by atoms with Gasteiger partial charge in [-0.3, -0.25) is 0 Å². The van der Waals surface area contributed by atoms with Crippen molar-refractivity contribution >= 4 is 18.8 Å². The molecule has 0 radical (unpaired) electrons. The van der Waals surface area contributed by atoms with E-state index < -0.39 is 0 Å². The lowest BCUT2D eigenvalue weighted by atomic mass is 10.1. The topological polar surface area (TPSA) is 0 Å². The molecule has 0 spiro atoms. The molecule has 0 aliphatic heterocycles. The average Bonchev–Trinajstić information content (AvgIpc) is 1.97. The molecule has 10 heavy (non-hydrogen) atoms. The van der Waals surface area contributed by atoms with E-state index in [9.17, 15) is 0 Å². The Hall–Kier alpha value is 0.434. The van der Waals surface area contributed by atoms with Gasteiger partial charge in [0.2, 0.25) is 0 Å². The minimum absolute atomic E-state index is 0.513. The predicted molar refractivity (Wildman–Crippen MR) is 56.7 cm³/mol. The largest absolute Gasteiger partial charge is 0.0655 e. The summed E-state index contributed by atoms with van der Waals surface area (Å²) >= 11 is 0. The van der Waals surface area contributed by atoms with Gasteiger partial charge in [-0.2, -0.15) is 0 Å². The second kappa shape index (κ2) is 9.43. The van der Waals surface area contributed by atoms with Crippen LogP contribution in [0.3, 0.4) is 0 Å². The first-order chi connectivity index (χ1) is 4.91. The summed E-state index contributed by atoms with van der Waals surface area (Å²) < 4.78 is 0. The van der Waals surface area contributed by atoms with Crippen LogP contribution in [0.2, 0.25) is 6.04 Å². The van der Waals surface area contributed by atoms with Crippen LogP contribution in [0.25, 0.3) is 0 Å². The Morgan fingerprint density at radius 2 is 1.60 bits per heavy atom. The van der Waals surface area contributed by atoms with Gasteiger partial charge >= 0.3 is 0 Å². The van der Waals surface area contributed by atoms with Crippen molar-refractivity contribution in [2.45, 2.75) is 51.5 Å². The minimum Gasteiger partial charge on any atom is -0.0655 e. The SMILES string of the molecule is CCCCCCCC[SiH2][SiH3]. The first-order valence-corrected chi connectivity index (χ1v) is 11.6. The molecule has 0 aliphatic rings. The number of hydrogen-bond donors (Lipinski definition) is 0. The molecular formula is C8H22Si2. The van der Waals surface area contributed by atoms with Crippen molar-refractivity contribution in [2.24, 2.45) is 0 Å². The van der Waals surface area contributed by atoms with Crippen LogP contribution in [0.5, 0.6) is 0 Å². The van der Waals surface area contributed by atoms with Crippen LogP contribution in [-0.2, 0) is 0 Å². The van der Waals surface area contributed by atoms with Crippen LogP contribution in [0.1, 0.15) is 45.4 Å². The van der Waals surface area contributed by atoms with Crippen molar-refractivity contribution in [2.75, 3.05) is 0 Å². The lowest BCUT2D eigenvalue weighted by molar-refractivity contribution is 0.624. The van der Waals surface area contributed by atoms with Gasteiger partial charge < -0.3 is 0 Å². The van der Waals surface area contributed by atoms with E-state index in [0.717, 1.165) is 0 Å². The lowest BCUT2D eigenvalue weighted by Gasteiger charge is -1.97. The zero-order valence-corrected chi connectivity index (χ0v) is 11.1. The third kappa shape index (κ3) is 8.43.